The van der Waals surface area contributed by atoms with Crippen molar-refractivity contribution < 1.29 is 4.74 Å². The molecule has 29 heavy (non-hydrogen) atoms. The summed E-state index contributed by atoms with van der Waals surface area (Å²) in [6.45, 7) is 4.86. The van der Waals surface area contributed by atoms with Crippen LogP contribution in [0, 0.1) is 0 Å². The van der Waals surface area contributed by atoms with Gasteiger partial charge in [-0.15, -0.1) is 11.3 Å². The monoisotopic (exact) mass is 428 g/mol. The minimum absolute atomic E-state index is 0.476. The molecule has 1 aliphatic heterocycles. The van der Waals surface area contributed by atoms with E-state index in [0.29, 0.717) is 10.8 Å². The van der Waals surface area contributed by atoms with E-state index in [2.05, 4.69) is 32.4 Å². The van der Waals surface area contributed by atoms with E-state index in [1.165, 1.54) is 6.33 Å². The molecule has 3 aromatic heterocycles. The van der Waals surface area contributed by atoms with E-state index >= 15 is 0 Å². The second-order valence-corrected chi connectivity index (χ2v) is 8.61. The molecular weight excluding hydrogens is 408 g/mol. The lowest BCUT2D eigenvalue weighted by molar-refractivity contribution is 0.229. The van der Waals surface area contributed by atoms with E-state index in [0.717, 1.165) is 70.2 Å². The Labute approximate surface area is 177 Å². The van der Waals surface area contributed by atoms with Gasteiger partial charge in [0, 0.05) is 54.3 Å². The highest BCUT2D eigenvalue weighted by Crippen LogP contribution is 2.42. The van der Waals surface area contributed by atoms with Gasteiger partial charge in [0.25, 0.3) is 0 Å². The van der Waals surface area contributed by atoms with E-state index in [1.807, 2.05) is 16.6 Å². The van der Waals surface area contributed by atoms with Crippen molar-refractivity contribution in [3.63, 3.8) is 0 Å². The number of methoxy groups -OCH3 is 1. The molecule has 0 amide bonds. The number of halogens is 1. The fraction of sp³-hybridized carbons (Fsp3) is 0.300. The molecule has 9 heteroatoms. The van der Waals surface area contributed by atoms with E-state index in [4.69, 9.17) is 22.1 Å². The van der Waals surface area contributed by atoms with Gasteiger partial charge in [0.05, 0.1) is 17.5 Å². The fourth-order valence-corrected chi connectivity index (χ4v) is 5.27. The quantitative estimate of drug-likeness (QED) is 0.519. The highest BCUT2D eigenvalue weighted by Gasteiger charge is 2.20. The first-order valence-electron chi connectivity index (χ1n) is 9.45. The Bertz CT molecular complexity index is 1200. The number of hydrogen-bond acceptors (Lipinski definition) is 7. The first-order chi connectivity index (χ1) is 14.1. The summed E-state index contributed by atoms with van der Waals surface area (Å²) >= 11 is 7.92. The molecule has 0 spiro atoms. The molecule has 0 atom stereocenters. The number of rotatable bonds is 4. The lowest BCUT2D eigenvalue weighted by Crippen LogP contribution is -2.43. The highest BCUT2D eigenvalue weighted by atomic mass is 35.5. The van der Waals surface area contributed by atoms with Crippen molar-refractivity contribution in [3.05, 3.63) is 41.3 Å². The molecule has 1 fully saturated rings. The first kappa shape index (κ1) is 18.6. The first-order valence-corrected chi connectivity index (χ1v) is 10.6. The summed E-state index contributed by atoms with van der Waals surface area (Å²) in [5.41, 5.74) is 9.26. The SMILES string of the molecule is COc1cc(Cl)cc2cc(-c3cc(CN4CCNCC4)n4ncnc(N)c34)sc12. The van der Waals surface area contributed by atoms with E-state index < -0.39 is 0 Å². The van der Waals surface area contributed by atoms with E-state index in [1.54, 1.807) is 18.4 Å². The lowest BCUT2D eigenvalue weighted by Gasteiger charge is -2.26. The number of aromatic nitrogens is 3. The van der Waals surface area contributed by atoms with Gasteiger partial charge in [-0.1, -0.05) is 11.6 Å². The second-order valence-electron chi connectivity index (χ2n) is 7.12. The number of benzene rings is 1. The summed E-state index contributed by atoms with van der Waals surface area (Å²) in [7, 11) is 1.66. The maximum absolute atomic E-state index is 6.28. The van der Waals surface area contributed by atoms with Gasteiger partial charge in [-0.05, 0) is 23.6 Å². The summed E-state index contributed by atoms with van der Waals surface area (Å²) in [6.07, 6.45) is 1.51. The zero-order valence-corrected chi connectivity index (χ0v) is 17.6. The summed E-state index contributed by atoms with van der Waals surface area (Å²) in [6, 6.07) is 8.11. The standard InChI is InChI=1S/C20H21ClN6OS/c1-28-16-8-13(21)6-12-7-17(29-19(12)16)15-9-14(10-26-4-2-23-3-5-26)27-18(15)20(22)24-11-25-27/h6-9,11,23H,2-5,10H2,1H3,(H2,22,24,25). The van der Waals surface area contributed by atoms with Crippen LogP contribution in [0.2, 0.25) is 5.02 Å². The maximum atomic E-state index is 6.28. The van der Waals surface area contributed by atoms with Crippen LogP contribution >= 0.6 is 22.9 Å². The summed E-state index contributed by atoms with van der Waals surface area (Å²) in [4.78, 5) is 7.75. The van der Waals surface area contributed by atoms with Crippen molar-refractivity contribution in [3.8, 4) is 16.2 Å². The van der Waals surface area contributed by atoms with E-state index in [9.17, 15) is 0 Å². The smallest absolute Gasteiger partial charge is 0.152 e. The van der Waals surface area contributed by atoms with Crippen LogP contribution in [0.4, 0.5) is 5.82 Å². The summed E-state index contributed by atoms with van der Waals surface area (Å²) in [5.74, 6) is 1.25. The Morgan fingerprint density at radius 1 is 1.24 bits per heavy atom. The van der Waals surface area contributed by atoms with Gasteiger partial charge in [-0.3, -0.25) is 4.90 Å². The molecule has 0 bridgehead atoms. The highest BCUT2D eigenvalue weighted by molar-refractivity contribution is 7.22. The van der Waals surface area contributed by atoms with Crippen molar-refractivity contribution in [2.24, 2.45) is 0 Å². The average Bonchev–Trinajstić information content (AvgIpc) is 3.30. The van der Waals surface area contributed by atoms with Crippen LogP contribution in [-0.4, -0.2) is 52.8 Å². The molecule has 0 saturated carbocycles. The Morgan fingerprint density at radius 2 is 2.07 bits per heavy atom. The number of anilines is 1. The van der Waals surface area contributed by atoms with Crippen LogP contribution in [0.1, 0.15) is 5.69 Å². The number of nitrogens with two attached hydrogens (primary N) is 1. The van der Waals surface area contributed by atoms with Crippen molar-refractivity contribution in [2.45, 2.75) is 6.54 Å². The number of fused-ring (bicyclic) bond motifs is 2. The normalized spacial score (nSPS) is 15.4. The van der Waals surface area contributed by atoms with Crippen LogP contribution in [0.15, 0.2) is 30.6 Å². The number of piperazine rings is 1. The van der Waals surface area contributed by atoms with E-state index in [-0.39, 0.29) is 0 Å². The lowest BCUT2D eigenvalue weighted by atomic mass is 10.2. The van der Waals surface area contributed by atoms with Crippen molar-refractivity contribution >= 4 is 44.4 Å². The van der Waals surface area contributed by atoms with Gasteiger partial charge in [-0.2, -0.15) is 5.10 Å². The summed E-state index contributed by atoms with van der Waals surface area (Å²) in [5, 5.41) is 9.59. The van der Waals surface area contributed by atoms with Crippen molar-refractivity contribution in [1.82, 2.24) is 24.8 Å². The number of thiophene rings is 1. The van der Waals surface area contributed by atoms with Gasteiger partial charge >= 0.3 is 0 Å². The number of nitrogen functional groups attached to an aromatic ring is 1. The number of ether oxygens (including phenoxy) is 1. The number of nitrogens with one attached hydrogen (secondary N) is 1. The van der Waals surface area contributed by atoms with Gasteiger partial charge in [-0.25, -0.2) is 9.50 Å². The predicted molar refractivity (Wildman–Crippen MR) is 118 cm³/mol. The minimum atomic E-state index is 0.476. The van der Waals surface area contributed by atoms with Crippen molar-refractivity contribution in [1.29, 1.82) is 0 Å². The Hall–Kier alpha value is -2.39. The van der Waals surface area contributed by atoms with Gasteiger partial charge in [0.2, 0.25) is 0 Å². The zero-order valence-electron chi connectivity index (χ0n) is 16.0. The molecule has 7 nitrogen and oxygen atoms in total. The molecule has 0 unspecified atom stereocenters. The van der Waals surface area contributed by atoms with Gasteiger partial charge < -0.3 is 15.8 Å². The number of hydrogen-bond donors (Lipinski definition) is 2. The third kappa shape index (κ3) is 3.32. The molecule has 1 aliphatic rings. The molecule has 4 aromatic rings. The molecule has 1 aromatic carbocycles. The maximum Gasteiger partial charge on any atom is 0.152 e. The minimum Gasteiger partial charge on any atom is -0.495 e. The zero-order chi connectivity index (χ0) is 20.0. The second kappa shape index (κ2) is 7.46. The third-order valence-electron chi connectivity index (χ3n) is 5.28. The molecule has 3 N–H and O–H groups in total. The topological polar surface area (TPSA) is 80.7 Å². The molecule has 5 rings (SSSR count). The van der Waals surface area contributed by atoms with Crippen molar-refractivity contribution in [2.75, 3.05) is 39.0 Å². The van der Waals surface area contributed by atoms with Crippen LogP contribution in [0.25, 0.3) is 26.0 Å². The molecule has 4 heterocycles. The molecular formula is C20H21ClN6OS. The van der Waals surface area contributed by atoms with Crippen LogP contribution in [0.5, 0.6) is 5.75 Å². The number of nitrogens with zero attached hydrogens (tertiary/aromatic N) is 4. The predicted octanol–water partition coefficient (Wildman–Crippen LogP) is 3.26. The molecule has 150 valence electrons. The molecule has 0 radical (unpaired) electrons. The summed E-state index contributed by atoms with van der Waals surface area (Å²) < 4.78 is 8.52. The Kier molecular flexibility index (Phi) is 4.79. The van der Waals surface area contributed by atoms with Crippen LogP contribution < -0.4 is 15.8 Å². The molecule has 0 aliphatic carbocycles. The molecule has 1 saturated heterocycles. The Balaban J connectivity index is 1.66. The fourth-order valence-electron chi connectivity index (χ4n) is 3.90. The van der Waals surface area contributed by atoms with Crippen LogP contribution in [-0.2, 0) is 6.54 Å². The Morgan fingerprint density at radius 3 is 2.86 bits per heavy atom. The van der Waals surface area contributed by atoms with Crippen LogP contribution in [0.3, 0.4) is 0 Å². The third-order valence-corrected chi connectivity index (χ3v) is 6.70. The van der Waals surface area contributed by atoms with Gasteiger partial charge in [0.15, 0.2) is 5.82 Å². The largest absolute Gasteiger partial charge is 0.495 e. The average molecular weight is 429 g/mol. The van der Waals surface area contributed by atoms with Gasteiger partial charge in [0.1, 0.15) is 17.6 Å².